The maximum Gasteiger partial charge on any atom is 0.474 e. The molecular formula is C25H18ClF12N3O4S. The smallest absolute Gasteiger partial charge is 0.374 e. The number of benzene rings is 2. The minimum absolute atomic E-state index is 0.142. The number of hydrogen-bond donors (Lipinski definition) is 1. The average Bonchev–Trinajstić information content (AvgIpc) is 3.39. The number of halogens is 13. The van der Waals surface area contributed by atoms with Gasteiger partial charge in [0.25, 0.3) is 5.60 Å². The Balaban J connectivity index is 1.95. The summed E-state index contributed by atoms with van der Waals surface area (Å²) in [6.45, 7) is 2.02. The van der Waals surface area contributed by atoms with E-state index in [1.54, 1.807) is 0 Å². The molecule has 0 aromatic heterocycles. The molecule has 2 amide bonds. The maximum atomic E-state index is 14.3. The molecule has 0 saturated heterocycles. The van der Waals surface area contributed by atoms with Gasteiger partial charge in [0.2, 0.25) is 5.91 Å². The van der Waals surface area contributed by atoms with Gasteiger partial charge in [-0.3, -0.25) is 9.59 Å². The first kappa shape index (κ1) is 36.9. The van der Waals surface area contributed by atoms with Crippen LogP contribution in [0.15, 0.2) is 45.9 Å². The summed E-state index contributed by atoms with van der Waals surface area (Å²) >= 11 is 6.09. The fourth-order valence-electron chi connectivity index (χ4n) is 4.03. The second kappa shape index (κ2) is 12.2. The summed E-state index contributed by atoms with van der Waals surface area (Å²) in [6.07, 6.45) is -23.4. The minimum atomic E-state index is -5.61. The van der Waals surface area contributed by atoms with Crippen molar-refractivity contribution in [1.29, 1.82) is 0 Å². The molecule has 46 heavy (non-hydrogen) atoms. The molecule has 1 aliphatic rings. The lowest BCUT2D eigenvalue weighted by Crippen LogP contribution is -2.43. The Labute approximate surface area is 256 Å². The highest BCUT2D eigenvalue weighted by atomic mass is 35.5. The summed E-state index contributed by atoms with van der Waals surface area (Å²) in [5.74, 6) is -4.55. The maximum absolute atomic E-state index is 14.3. The molecule has 3 rings (SSSR count). The molecule has 0 spiro atoms. The fraction of sp³-hybridized carbons (Fsp3) is 0.400. The van der Waals surface area contributed by atoms with Crippen LogP contribution in [0, 0.1) is 0 Å². The molecule has 7 nitrogen and oxygen atoms in total. The number of hydrogen-bond acceptors (Lipinski definition) is 5. The Bertz CT molecular complexity index is 1660. The third kappa shape index (κ3) is 7.53. The van der Waals surface area contributed by atoms with Crippen molar-refractivity contribution < 1.29 is 71.3 Å². The monoisotopic (exact) mass is 719 g/mol. The lowest BCUT2D eigenvalue weighted by Gasteiger charge is -2.30. The van der Waals surface area contributed by atoms with E-state index in [4.69, 9.17) is 11.6 Å². The highest BCUT2D eigenvalue weighted by molar-refractivity contribution is 7.95. The van der Waals surface area contributed by atoms with Crippen molar-refractivity contribution in [3.8, 4) is 0 Å². The van der Waals surface area contributed by atoms with Crippen LogP contribution >= 0.6 is 11.6 Å². The first-order valence-electron chi connectivity index (χ1n) is 12.3. The van der Waals surface area contributed by atoms with Gasteiger partial charge < -0.3 is 10.2 Å². The van der Waals surface area contributed by atoms with Crippen molar-refractivity contribution in [2.45, 2.75) is 55.8 Å². The number of alkyl halides is 12. The van der Waals surface area contributed by atoms with Crippen LogP contribution in [-0.4, -0.2) is 45.1 Å². The Morgan fingerprint density at radius 3 is 1.96 bits per heavy atom. The van der Waals surface area contributed by atoms with E-state index < -0.39 is 96.7 Å². The highest BCUT2D eigenvalue weighted by Gasteiger charge is 2.63. The van der Waals surface area contributed by atoms with Crippen molar-refractivity contribution in [3.63, 3.8) is 0 Å². The van der Waals surface area contributed by atoms with Crippen LogP contribution in [-0.2, 0) is 42.1 Å². The first-order valence-corrected chi connectivity index (χ1v) is 14.4. The van der Waals surface area contributed by atoms with Crippen LogP contribution < -0.4 is 5.32 Å². The van der Waals surface area contributed by atoms with Crippen molar-refractivity contribution in [2.75, 3.05) is 11.1 Å². The Kier molecular flexibility index (Phi) is 9.82. The van der Waals surface area contributed by atoms with Crippen molar-refractivity contribution in [2.24, 2.45) is 9.52 Å². The normalized spacial score (nSPS) is 19.5. The standard InChI is InChI=1S/C25H18ClF12N3O4S/c1-3-46(44,41-20(43)24(33,34)35)11(2)19(42)39-17-5-4-12(6-16(17)26)18-10-21(45-40-18,25(36,37)38)13-7-14(22(27,28)29)9-15(8-13)23(30,31)32/h4-9,11H,3,10H2,1-2H3,(H,39,42). The number of oxime groups is 1. The molecule has 2 aromatic carbocycles. The lowest BCUT2D eigenvalue weighted by molar-refractivity contribution is -0.276. The topological polar surface area (TPSA) is 97.2 Å². The predicted octanol–water partition coefficient (Wildman–Crippen LogP) is 7.86. The van der Waals surface area contributed by atoms with Gasteiger partial charge in [0.05, 0.1) is 37.3 Å². The molecule has 0 saturated carbocycles. The van der Waals surface area contributed by atoms with Crippen LogP contribution in [0.3, 0.4) is 0 Å². The molecule has 0 aliphatic carbocycles. The Hall–Kier alpha value is -3.55. The number of carbonyl (C=O) groups excluding carboxylic acids is 2. The number of carbonyl (C=O) groups is 2. The van der Waals surface area contributed by atoms with Gasteiger partial charge in [-0.25, -0.2) is 4.21 Å². The van der Waals surface area contributed by atoms with E-state index in [1.807, 2.05) is 0 Å². The molecule has 3 unspecified atom stereocenters. The van der Waals surface area contributed by atoms with Gasteiger partial charge >= 0.3 is 30.6 Å². The summed E-state index contributed by atoms with van der Waals surface area (Å²) in [4.78, 5) is 28.4. The molecule has 0 fully saturated rings. The zero-order chi connectivity index (χ0) is 35.3. The summed E-state index contributed by atoms with van der Waals surface area (Å²) in [5, 5.41) is 3.11. The van der Waals surface area contributed by atoms with E-state index in [0.717, 1.165) is 32.0 Å². The highest BCUT2D eigenvalue weighted by Crippen LogP contribution is 2.51. The molecule has 2 aromatic rings. The van der Waals surface area contributed by atoms with E-state index in [1.165, 1.54) is 0 Å². The van der Waals surface area contributed by atoms with Crippen LogP contribution in [0.1, 0.15) is 42.5 Å². The second-order valence-corrected chi connectivity index (χ2v) is 12.9. The predicted molar refractivity (Wildman–Crippen MR) is 138 cm³/mol. The van der Waals surface area contributed by atoms with Gasteiger partial charge in [-0.2, -0.15) is 57.0 Å². The minimum Gasteiger partial charge on any atom is -0.374 e. The lowest BCUT2D eigenvalue weighted by atomic mass is 9.84. The van der Waals surface area contributed by atoms with Gasteiger partial charge in [0.1, 0.15) is 5.25 Å². The molecule has 0 radical (unpaired) electrons. The number of rotatable bonds is 6. The Morgan fingerprint density at radius 1 is 0.978 bits per heavy atom. The largest absolute Gasteiger partial charge is 0.474 e. The molecule has 254 valence electrons. The molecule has 1 heterocycles. The second-order valence-electron chi connectivity index (χ2n) is 9.62. The molecule has 3 atom stereocenters. The van der Waals surface area contributed by atoms with Crippen molar-refractivity contribution in [1.82, 2.24) is 0 Å². The van der Waals surface area contributed by atoms with Crippen LogP contribution in [0.5, 0.6) is 0 Å². The molecule has 1 aliphatic heterocycles. The van der Waals surface area contributed by atoms with Crippen LogP contribution in [0.4, 0.5) is 58.4 Å². The van der Waals surface area contributed by atoms with Crippen molar-refractivity contribution >= 4 is 44.5 Å². The molecule has 1 N–H and O–H groups in total. The fourth-order valence-corrected chi connectivity index (χ4v) is 5.82. The first-order chi connectivity index (χ1) is 20.7. The van der Waals surface area contributed by atoms with Gasteiger partial charge in [0.15, 0.2) is 0 Å². The number of anilines is 1. The van der Waals surface area contributed by atoms with Crippen LogP contribution in [0.25, 0.3) is 0 Å². The number of nitrogens with one attached hydrogen (secondary N) is 1. The zero-order valence-electron chi connectivity index (χ0n) is 22.8. The van der Waals surface area contributed by atoms with E-state index in [9.17, 15) is 66.5 Å². The van der Waals surface area contributed by atoms with E-state index >= 15 is 0 Å². The van der Waals surface area contributed by atoms with Crippen molar-refractivity contribution in [3.05, 3.63) is 63.7 Å². The molecule has 0 bridgehead atoms. The van der Waals surface area contributed by atoms with E-state index in [2.05, 4.69) is 19.7 Å². The van der Waals surface area contributed by atoms with Gasteiger partial charge in [-0.05, 0) is 37.3 Å². The van der Waals surface area contributed by atoms with E-state index in [-0.39, 0.29) is 29.4 Å². The summed E-state index contributed by atoms with van der Waals surface area (Å²) in [7, 11) is -4.10. The number of amides is 2. The third-order valence-electron chi connectivity index (χ3n) is 6.62. The van der Waals surface area contributed by atoms with Gasteiger partial charge in [-0.15, -0.1) is 0 Å². The summed E-state index contributed by atoms with van der Waals surface area (Å²) < 4.78 is 176. The quantitative estimate of drug-likeness (QED) is 0.308. The zero-order valence-corrected chi connectivity index (χ0v) is 24.4. The van der Waals surface area contributed by atoms with E-state index in [0.29, 0.717) is 0 Å². The SMILES string of the molecule is CCS(=O)(=NC(=O)C(F)(F)F)C(C)C(=O)Nc1ccc(C2=NOC(c3cc(C(F)(F)F)cc(C(F)(F)F)c3)(C(F)(F)F)C2)cc1Cl. The van der Waals surface area contributed by atoms with Gasteiger partial charge in [-0.1, -0.05) is 29.7 Å². The van der Waals surface area contributed by atoms with Crippen LogP contribution in [0.2, 0.25) is 5.02 Å². The molecular weight excluding hydrogens is 702 g/mol. The number of nitrogens with zero attached hydrogens (tertiary/aromatic N) is 2. The summed E-state index contributed by atoms with van der Waals surface area (Å²) in [6, 6.07) is 2.17. The third-order valence-corrected chi connectivity index (χ3v) is 9.55. The summed E-state index contributed by atoms with van der Waals surface area (Å²) in [5.41, 5.74) is -10.6. The van der Waals surface area contributed by atoms with Gasteiger partial charge in [0, 0.05) is 23.3 Å². The molecule has 21 heteroatoms. The Morgan fingerprint density at radius 2 is 1.52 bits per heavy atom. The average molecular weight is 720 g/mol.